The average Bonchev–Trinajstić information content (AvgIpc) is 2.41. The van der Waals surface area contributed by atoms with Crippen LogP contribution in [0.15, 0.2) is 53.6 Å². The lowest BCUT2D eigenvalue weighted by Crippen LogP contribution is -2.30. The summed E-state index contributed by atoms with van der Waals surface area (Å²) in [6, 6.07) is 12.1. The zero-order valence-corrected chi connectivity index (χ0v) is 12.0. The highest BCUT2D eigenvalue weighted by Crippen LogP contribution is 2.22. The van der Waals surface area contributed by atoms with Crippen molar-refractivity contribution in [3.63, 3.8) is 0 Å². The Kier molecular flexibility index (Phi) is 4.01. The maximum Gasteiger partial charge on any atom is 0.265 e. The molecule has 0 aliphatic heterocycles. The monoisotopic (exact) mass is 294 g/mol. The van der Waals surface area contributed by atoms with Crippen LogP contribution in [0.25, 0.3) is 0 Å². The first-order valence-electron chi connectivity index (χ1n) is 5.82. The summed E-state index contributed by atoms with van der Waals surface area (Å²) in [7, 11) is -3.57. The van der Waals surface area contributed by atoms with Gasteiger partial charge in [-0.2, -0.15) is 0 Å². The number of H-pyrrole nitrogens is 1. The zero-order valence-electron chi connectivity index (χ0n) is 10.4. The van der Waals surface area contributed by atoms with Crippen LogP contribution < -0.4 is 4.31 Å². The number of sulfonamides is 1. The van der Waals surface area contributed by atoms with E-state index in [-0.39, 0.29) is 4.90 Å². The number of nitrogens with zero attached hydrogens (tertiary/aromatic N) is 1. The van der Waals surface area contributed by atoms with Crippen LogP contribution in [0, 0.1) is 4.64 Å². The van der Waals surface area contributed by atoms with Crippen LogP contribution in [0.1, 0.15) is 6.92 Å². The maximum atomic E-state index is 12.5. The number of pyridine rings is 1. The Balaban J connectivity index is 2.48. The molecule has 1 heterocycles. The average molecular weight is 294 g/mol. The van der Waals surface area contributed by atoms with Crippen LogP contribution in [-0.4, -0.2) is 19.9 Å². The highest BCUT2D eigenvalue weighted by Gasteiger charge is 2.23. The summed E-state index contributed by atoms with van der Waals surface area (Å²) >= 11 is 4.92. The number of nitrogens with one attached hydrogen (secondary N) is 1. The van der Waals surface area contributed by atoms with E-state index in [0.29, 0.717) is 16.9 Å². The molecule has 0 spiro atoms. The normalized spacial score (nSPS) is 11.2. The largest absolute Gasteiger partial charge is 0.352 e. The molecule has 1 N–H and O–H groups in total. The first-order chi connectivity index (χ1) is 9.05. The van der Waals surface area contributed by atoms with Gasteiger partial charge in [0.25, 0.3) is 10.0 Å². The number of aromatic amines is 1. The van der Waals surface area contributed by atoms with Gasteiger partial charge in [0.1, 0.15) is 9.54 Å². The molecule has 0 aliphatic rings. The van der Waals surface area contributed by atoms with Gasteiger partial charge in [0.2, 0.25) is 0 Å². The van der Waals surface area contributed by atoms with Gasteiger partial charge >= 0.3 is 0 Å². The minimum atomic E-state index is -3.57. The molecule has 0 amide bonds. The number of aromatic nitrogens is 1. The molecule has 0 fully saturated rings. The van der Waals surface area contributed by atoms with Gasteiger partial charge in [-0.05, 0) is 31.2 Å². The first-order valence-corrected chi connectivity index (χ1v) is 7.67. The Labute approximate surface area is 117 Å². The van der Waals surface area contributed by atoms with Crippen molar-refractivity contribution in [1.29, 1.82) is 0 Å². The van der Waals surface area contributed by atoms with Gasteiger partial charge < -0.3 is 4.98 Å². The Morgan fingerprint density at radius 3 is 2.37 bits per heavy atom. The maximum absolute atomic E-state index is 12.5. The van der Waals surface area contributed by atoms with Gasteiger partial charge in [-0.15, -0.1) is 0 Å². The number of para-hydroxylation sites is 1. The summed E-state index contributed by atoms with van der Waals surface area (Å²) in [5, 5.41) is 0. The third kappa shape index (κ3) is 2.85. The molecule has 0 aliphatic carbocycles. The van der Waals surface area contributed by atoms with E-state index in [1.807, 2.05) is 18.2 Å². The molecule has 4 nitrogen and oxygen atoms in total. The Hall–Kier alpha value is -1.66. The summed E-state index contributed by atoms with van der Waals surface area (Å²) in [5.74, 6) is 0. The third-order valence-corrected chi connectivity index (χ3v) is 4.83. The quantitative estimate of drug-likeness (QED) is 0.882. The van der Waals surface area contributed by atoms with E-state index in [4.69, 9.17) is 12.2 Å². The topological polar surface area (TPSA) is 53.2 Å². The minimum absolute atomic E-state index is 0.201. The van der Waals surface area contributed by atoms with Crippen LogP contribution >= 0.6 is 12.2 Å². The lowest BCUT2D eigenvalue weighted by Gasteiger charge is -2.22. The zero-order chi connectivity index (χ0) is 13.9. The minimum Gasteiger partial charge on any atom is -0.352 e. The molecule has 6 heteroatoms. The summed E-state index contributed by atoms with van der Waals surface area (Å²) < 4.78 is 27.0. The van der Waals surface area contributed by atoms with E-state index in [2.05, 4.69) is 4.98 Å². The van der Waals surface area contributed by atoms with Crippen molar-refractivity contribution in [3.8, 4) is 0 Å². The van der Waals surface area contributed by atoms with Crippen LogP contribution in [0.5, 0.6) is 0 Å². The van der Waals surface area contributed by atoms with Crippen molar-refractivity contribution in [3.05, 3.63) is 53.3 Å². The van der Waals surface area contributed by atoms with Gasteiger partial charge in [0, 0.05) is 12.7 Å². The van der Waals surface area contributed by atoms with Gasteiger partial charge in [0.15, 0.2) is 0 Å². The Morgan fingerprint density at radius 1 is 1.16 bits per heavy atom. The SMILES string of the molecule is CCN(c1ccccc1)S(=O)(=O)c1ccc(=S)[nH]c1. The summed E-state index contributed by atoms with van der Waals surface area (Å²) in [4.78, 5) is 2.95. The number of rotatable bonds is 4. The predicted octanol–water partition coefficient (Wildman–Crippen LogP) is 2.96. The molecule has 0 saturated heterocycles. The second-order valence-corrected chi connectivity index (χ2v) is 6.20. The number of hydrogen-bond acceptors (Lipinski definition) is 3. The molecule has 0 bridgehead atoms. The molecule has 100 valence electrons. The van der Waals surface area contributed by atoms with E-state index in [1.165, 1.54) is 16.6 Å². The fraction of sp³-hybridized carbons (Fsp3) is 0.154. The van der Waals surface area contributed by atoms with Crippen LogP contribution in [0.4, 0.5) is 5.69 Å². The number of benzene rings is 1. The smallest absolute Gasteiger partial charge is 0.265 e. The van der Waals surface area contributed by atoms with Crippen LogP contribution in [0.3, 0.4) is 0 Å². The van der Waals surface area contributed by atoms with Crippen molar-refractivity contribution < 1.29 is 8.42 Å². The molecule has 19 heavy (non-hydrogen) atoms. The molecule has 0 atom stereocenters. The summed E-state index contributed by atoms with van der Waals surface area (Å²) in [6.07, 6.45) is 1.42. The van der Waals surface area contributed by atoms with Gasteiger partial charge in [0.05, 0.1) is 5.69 Å². The molecular weight excluding hydrogens is 280 g/mol. The second-order valence-electron chi connectivity index (χ2n) is 3.89. The molecule has 0 saturated carbocycles. The second kappa shape index (κ2) is 5.54. The Bertz CT molecular complexity index is 688. The lowest BCUT2D eigenvalue weighted by atomic mass is 10.3. The standard InChI is InChI=1S/C13H14N2O2S2/c1-2-15(11-6-4-3-5-7-11)19(16,17)12-8-9-13(18)14-10-12/h3-10H,2H2,1H3,(H,14,18). The van der Waals surface area contributed by atoms with E-state index >= 15 is 0 Å². The van der Waals surface area contributed by atoms with E-state index in [0.717, 1.165) is 0 Å². The number of hydrogen-bond donors (Lipinski definition) is 1. The van der Waals surface area contributed by atoms with Gasteiger partial charge in [-0.3, -0.25) is 4.31 Å². The lowest BCUT2D eigenvalue weighted by molar-refractivity contribution is 0.591. The molecular formula is C13H14N2O2S2. The van der Waals surface area contributed by atoms with E-state index in [1.54, 1.807) is 25.1 Å². The van der Waals surface area contributed by atoms with E-state index in [9.17, 15) is 8.42 Å². The first kappa shape index (κ1) is 13.8. The predicted molar refractivity (Wildman–Crippen MR) is 78.3 cm³/mol. The summed E-state index contributed by atoms with van der Waals surface area (Å²) in [5.41, 5.74) is 0.646. The third-order valence-electron chi connectivity index (χ3n) is 2.68. The van der Waals surface area contributed by atoms with Crippen molar-refractivity contribution in [2.24, 2.45) is 0 Å². The van der Waals surface area contributed by atoms with Crippen LogP contribution in [0.2, 0.25) is 0 Å². The fourth-order valence-corrected chi connectivity index (χ4v) is 3.34. The van der Waals surface area contributed by atoms with Gasteiger partial charge in [-0.25, -0.2) is 8.42 Å². The van der Waals surface area contributed by atoms with Crippen LogP contribution in [-0.2, 0) is 10.0 Å². The molecule has 2 rings (SSSR count). The Morgan fingerprint density at radius 2 is 1.84 bits per heavy atom. The molecule has 1 aromatic carbocycles. The van der Waals surface area contributed by atoms with Crippen molar-refractivity contribution >= 4 is 27.9 Å². The molecule has 0 radical (unpaired) electrons. The highest BCUT2D eigenvalue weighted by molar-refractivity contribution is 7.92. The number of anilines is 1. The molecule has 0 unspecified atom stereocenters. The van der Waals surface area contributed by atoms with Crippen molar-refractivity contribution in [1.82, 2.24) is 4.98 Å². The summed E-state index contributed by atoms with van der Waals surface area (Å²) in [6.45, 7) is 2.16. The van der Waals surface area contributed by atoms with Crippen molar-refractivity contribution in [2.45, 2.75) is 11.8 Å². The fourth-order valence-electron chi connectivity index (χ4n) is 1.77. The van der Waals surface area contributed by atoms with Gasteiger partial charge in [-0.1, -0.05) is 30.4 Å². The molecule has 1 aromatic heterocycles. The highest BCUT2D eigenvalue weighted by atomic mass is 32.2. The molecule has 2 aromatic rings. The van der Waals surface area contributed by atoms with Crippen molar-refractivity contribution in [2.75, 3.05) is 10.8 Å². The van der Waals surface area contributed by atoms with E-state index < -0.39 is 10.0 Å².